The normalized spacial score (nSPS) is 10.5. The molecule has 2 aromatic heterocycles. The predicted molar refractivity (Wildman–Crippen MR) is 61.1 cm³/mol. The fraction of sp³-hybridized carbons (Fsp3) is 0.375. The summed E-state index contributed by atoms with van der Waals surface area (Å²) in [5.41, 5.74) is 0. The van der Waals surface area contributed by atoms with Gasteiger partial charge in [-0.1, -0.05) is 5.16 Å². The SMILES string of the molecule is Cc1noc(CCNc2nc(Cl)nc(Cl)n2)n1. The lowest BCUT2D eigenvalue weighted by Crippen LogP contribution is -2.09. The van der Waals surface area contributed by atoms with Gasteiger partial charge in [0.25, 0.3) is 0 Å². The highest BCUT2D eigenvalue weighted by Gasteiger charge is 2.05. The number of hydrogen-bond acceptors (Lipinski definition) is 7. The molecule has 90 valence electrons. The molecule has 0 saturated carbocycles. The zero-order valence-corrected chi connectivity index (χ0v) is 10.3. The fourth-order valence-corrected chi connectivity index (χ4v) is 1.49. The van der Waals surface area contributed by atoms with E-state index in [-0.39, 0.29) is 10.6 Å². The van der Waals surface area contributed by atoms with Crippen LogP contribution in [-0.2, 0) is 6.42 Å². The lowest BCUT2D eigenvalue weighted by molar-refractivity contribution is 0.377. The number of nitrogens with one attached hydrogen (secondary N) is 1. The van der Waals surface area contributed by atoms with Crippen LogP contribution in [0.25, 0.3) is 0 Å². The molecule has 0 aliphatic rings. The summed E-state index contributed by atoms with van der Waals surface area (Å²) in [4.78, 5) is 15.4. The Bertz CT molecular complexity index is 496. The van der Waals surface area contributed by atoms with Gasteiger partial charge in [0.1, 0.15) is 0 Å². The van der Waals surface area contributed by atoms with Crippen LogP contribution in [0.2, 0.25) is 10.6 Å². The highest BCUT2D eigenvalue weighted by atomic mass is 35.5. The van der Waals surface area contributed by atoms with Crippen molar-refractivity contribution in [3.8, 4) is 0 Å². The summed E-state index contributed by atoms with van der Waals surface area (Å²) in [5, 5.41) is 6.68. The summed E-state index contributed by atoms with van der Waals surface area (Å²) in [6, 6.07) is 0. The van der Waals surface area contributed by atoms with Crippen molar-refractivity contribution in [2.45, 2.75) is 13.3 Å². The molecule has 0 spiro atoms. The van der Waals surface area contributed by atoms with Crippen molar-refractivity contribution in [3.63, 3.8) is 0 Å². The molecule has 0 atom stereocenters. The van der Waals surface area contributed by atoms with E-state index in [9.17, 15) is 0 Å². The van der Waals surface area contributed by atoms with Crippen LogP contribution in [0.3, 0.4) is 0 Å². The molecular weight excluding hydrogens is 267 g/mol. The minimum Gasteiger partial charge on any atom is -0.354 e. The molecule has 1 N–H and O–H groups in total. The van der Waals surface area contributed by atoms with Crippen LogP contribution in [-0.4, -0.2) is 31.6 Å². The van der Waals surface area contributed by atoms with Crippen LogP contribution in [0.1, 0.15) is 11.7 Å². The average Bonchev–Trinajstić information content (AvgIpc) is 2.63. The summed E-state index contributed by atoms with van der Waals surface area (Å²) < 4.78 is 4.94. The molecule has 0 amide bonds. The highest BCUT2D eigenvalue weighted by molar-refractivity contribution is 6.31. The maximum atomic E-state index is 5.62. The van der Waals surface area contributed by atoms with Crippen LogP contribution in [0.5, 0.6) is 0 Å². The fourth-order valence-electron chi connectivity index (χ4n) is 1.13. The van der Waals surface area contributed by atoms with Crippen molar-refractivity contribution in [2.24, 2.45) is 0 Å². The van der Waals surface area contributed by atoms with Crippen molar-refractivity contribution in [2.75, 3.05) is 11.9 Å². The number of hydrogen-bond donors (Lipinski definition) is 1. The Morgan fingerprint density at radius 3 is 2.41 bits per heavy atom. The first-order valence-corrected chi connectivity index (χ1v) is 5.49. The molecule has 0 unspecified atom stereocenters. The van der Waals surface area contributed by atoms with Crippen LogP contribution in [0, 0.1) is 6.92 Å². The molecule has 0 aliphatic heterocycles. The Hall–Kier alpha value is -1.47. The second kappa shape index (κ2) is 5.24. The molecule has 0 fully saturated rings. The van der Waals surface area contributed by atoms with E-state index in [1.807, 2.05) is 0 Å². The third-order valence-electron chi connectivity index (χ3n) is 1.77. The Morgan fingerprint density at radius 1 is 1.12 bits per heavy atom. The van der Waals surface area contributed by atoms with Crippen molar-refractivity contribution < 1.29 is 4.52 Å². The van der Waals surface area contributed by atoms with Gasteiger partial charge in [0, 0.05) is 13.0 Å². The number of anilines is 1. The molecule has 2 heterocycles. The molecule has 0 saturated heterocycles. The second-order valence-electron chi connectivity index (χ2n) is 3.11. The zero-order valence-electron chi connectivity index (χ0n) is 8.81. The van der Waals surface area contributed by atoms with Crippen molar-refractivity contribution in [1.29, 1.82) is 0 Å². The number of rotatable bonds is 4. The van der Waals surface area contributed by atoms with Gasteiger partial charge in [-0.05, 0) is 30.1 Å². The largest absolute Gasteiger partial charge is 0.354 e. The summed E-state index contributed by atoms with van der Waals surface area (Å²) in [7, 11) is 0. The summed E-state index contributed by atoms with van der Waals surface area (Å²) in [5.74, 6) is 1.46. The third kappa shape index (κ3) is 3.50. The molecule has 7 nitrogen and oxygen atoms in total. The lowest BCUT2D eigenvalue weighted by atomic mass is 10.4. The summed E-state index contributed by atoms with van der Waals surface area (Å²) >= 11 is 11.2. The van der Waals surface area contributed by atoms with E-state index in [1.165, 1.54) is 0 Å². The second-order valence-corrected chi connectivity index (χ2v) is 3.79. The smallest absolute Gasteiger partial charge is 0.228 e. The Kier molecular flexibility index (Phi) is 3.70. The van der Waals surface area contributed by atoms with E-state index in [1.54, 1.807) is 6.92 Å². The van der Waals surface area contributed by atoms with Gasteiger partial charge in [-0.25, -0.2) is 0 Å². The highest BCUT2D eigenvalue weighted by Crippen LogP contribution is 2.09. The Morgan fingerprint density at radius 2 is 1.82 bits per heavy atom. The maximum absolute atomic E-state index is 5.62. The number of nitrogens with zero attached hydrogens (tertiary/aromatic N) is 5. The van der Waals surface area contributed by atoms with Gasteiger partial charge in [-0.3, -0.25) is 0 Å². The molecular formula is C8H8Cl2N6O. The first-order chi connectivity index (χ1) is 8.13. The van der Waals surface area contributed by atoms with E-state index in [4.69, 9.17) is 27.7 Å². The molecule has 2 rings (SSSR count). The Labute approximate surface area is 107 Å². The van der Waals surface area contributed by atoms with Crippen LogP contribution in [0.4, 0.5) is 5.95 Å². The van der Waals surface area contributed by atoms with Crippen molar-refractivity contribution >= 4 is 29.2 Å². The number of halogens is 2. The molecule has 2 aromatic rings. The van der Waals surface area contributed by atoms with Crippen molar-refractivity contribution in [3.05, 3.63) is 22.3 Å². The topological polar surface area (TPSA) is 89.6 Å². The first-order valence-electron chi connectivity index (χ1n) is 4.73. The van der Waals surface area contributed by atoms with Gasteiger partial charge in [0.05, 0.1) is 0 Å². The average molecular weight is 275 g/mol. The molecule has 9 heteroatoms. The Balaban J connectivity index is 1.89. The maximum Gasteiger partial charge on any atom is 0.228 e. The summed E-state index contributed by atoms with van der Waals surface area (Å²) in [6.45, 7) is 2.28. The third-order valence-corrected chi connectivity index (χ3v) is 2.11. The standard InChI is InChI=1S/C8H8Cl2N6O/c1-4-12-5(17-16-4)2-3-11-8-14-6(9)13-7(10)15-8/h2-3H2,1H3,(H,11,13,14,15). The molecule has 17 heavy (non-hydrogen) atoms. The molecule has 0 bridgehead atoms. The zero-order chi connectivity index (χ0) is 12.3. The van der Waals surface area contributed by atoms with E-state index in [2.05, 4.69) is 30.4 Å². The van der Waals surface area contributed by atoms with Crippen LogP contribution in [0.15, 0.2) is 4.52 Å². The quantitative estimate of drug-likeness (QED) is 0.904. The summed E-state index contributed by atoms with van der Waals surface area (Å²) in [6.07, 6.45) is 0.557. The van der Waals surface area contributed by atoms with Gasteiger partial charge in [0.15, 0.2) is 5.82 Å². The lowest BCUT2D eigenvalue weighted by Gasteiger charge is -2.02. The van der Waals surface area contributed by atoms with Gasteiger partial charge >= 0.3 is 0 Å². The van der Waals surface area contributed by atoms with Crippen LogP contribution < -0.4 is 5.32 Å². The van der Waals surface area contributed by atoms with Crippen LogP contribution >= 0.6 is 23.2 Å². The van der Waals surface area contributed by atoms with Gasteiger partial charge in [0.2, 0.25) is 22.4 Å². The van der Waals surface area contributed by atoms with E-state index in [0.717, 1.165) is 0 Å². The van der Waals surface area contributed by atoms with E-state index >= 15 is 0 Å². The first kappa shape index (κ1) is 12.0. The van der Waals surface area contributed by atoms with Gasteiger partial charge < -0.3 is 9.84 Å². The monoisotopic (exact) mass is 274 g/mol. The van der Waals surface area contributed by atoms with E-state index < -0.39 is 0 Å². The predicted octanol–water partition coefficient (Wildman–Crippen LogP) is 1.52. The number of aromatic nitrogens is 5. The number of aryl methyl sites for hydroxylation is 1. The van der Waals surface area contributed by atoms with Crippen molar-refractivity contribution in [1.82, 2.24) is 25.1 Å². The van der Waals surface area contributed by atoms with Gasteiger partial charge in [-0.2, -0.15) is 19.9 Å². The van der Waals surface area contributed by atoms with E-state index in [0.29, 0.717) is 30.6 Å². The molecule has 0 aromatic carbocycles. The van der Waals surface area contributed by atoms with Gasteiger partial charge in [-0.15, -0.1) is 0 Å². The minimum atomic E-state index is 0.0427. The molecule has 0 aliphatic carbocycles. The minimum absolute atomic E-state index is 0.0427. The molecule has 0 radical (unpaired) electrons.